The molecule has 5 nitrogen and oxygen atoms in total. The summed E-state index contributed by atoms with van der Waals surface area (Å²) in [5.41, 5.74) is 5.19. The van der Waals surface area contributed by atoms with Crippen molar-refractivity contribution in [3.05, 3.63) is 125 Å². The number of anilines is 1. The van der Waals surface area contributed by atoms with E-state index in [1.54, 1.807) is 0 Å². The zero-order valence-corrected chi connectivity index (χ0v) is 20.9. The Balaban J connectivity index is 1.36. The lowest BCUT2D eigenvalue weighted by Crippen LogP contribution is -2.47. The van der Waals surface area contributed by atoms with Crippen LogP contribution in [0.3, 0.4) is 0 Å². The Morgan fingerprint density at radius 1 is 0.811 bits per heavy atom. The molecule has 188 valence electrons. The standard InChI is InChI=1S/C32H31NO4/c1-23-8-7-11-24(18-23)16-17-36-30-19-28(14-15-29(30)37-22-25-9-3-2-4-10-25)33-32(31(34)35)20-26-12-5-6-13-27(26)21-32/h2-15,18-19,33H,16-17,20-22H2,1H3,(H,34,35). The lowest BCUT2D eigenvalue weighted by molar-refractivity contribution is -0.142. The normalized spacial score (nSPS) is 13.5. The average Bonchev–Trinajstić information content (AvgIpc) is 3.28. The van der Waals surface area contributed by atoms with Crippen molar-refractivity contribution in [1.29, 1.82) is 0 Å². The van der Waals surface area contributed by atoms with Gasteiger partial charge in [-0.25, -0.2) is 4.79 Å². The molecule has 37 heavy (non-hydrogen) atoms. The van der Waals surface area contributed by atoms with Crippen LogP contribution in [0.5, 0.6) is 11.5 Å². The molecule has 0 atom stereocenters. The molecule has 0 aromatic heterocycles. The topological polar surface area (TPSA) is 67.8 Å². The molecule has 0 fully saturated rings. The molecule has 0 heterocycles. The van der Waals surface area contributed by atoms with Crippen LogP contribution in [-0.2, 0) is 30.7 Å². The minimum Gasteiger partial charge on any atom is -0.489 e. The Kier molecular flexibility index (Phi) is 7.13. The van der Waals surface area contributed by atoms with Gasteiger partial charge >= 0.3 is 5.97 Å². The largest absolute Gasteiger partial charge is 0.489 e. The molecular formula is C32H31NO4. The van der Waals surface area contributed by atoms with E-state index in [1.807, 2.05) is 72.8 Å². The molecule has 0 bridgehead atoms. The summed E-state index contributed by atoms with van der Waals surface area (Å²) in [6.45, 7) is 2.97. The molecule has 5 rings (SSSR count). The Bertz CT molecular complexity index is 1360. The van der Waals surface area contributed by atoms with Crippen molar-refractivity contribution in [3.63, 3.8) is 0 Å². The second-order valence-corrected chi connectivity index (χ2v) is 9.66. The number of hydrogen-bond donors (Lipinski definition) is 2. The number of carboxylic acid groups (broad SMARTS) is 1. The summed E-state index contributed by atoms with van der Waals surface area (Å²) in [6.07, 6.45) is 1.61. The van der Waals surface area contributed by atoms with Crippen LogP contribution in [0.1, 0.15) is 27.8 Å². The van der Waals surface area contributed by atoms with Gasteiger partial charge in [0.2, 0.25) is 0 Å². The van der Waals surface area contributed by atoms with Crippen molar-refractivity contribution in [2.75, 3.05) is 11.9 Å². The highest BCUT2D eigenvalue weighted by atomic mass is 16.5. The highest BCUT2D eigenvalue weighted by molar-refractivity contribution is 5.85. The predicted octanol–water partition coefficient (Wildman–Crippen LogP) is 6.23. The number of aliphatic carboxylic acids is 1. The molecule has 2 N–H and O–H groups in total. The quantitative estimate of drug-likeness (QED) is 0.274. The zero-order chi connectivity index (χ0) is 25.7. The number of ether oxygens (including phenoxy) is 2. The molecule has 0 radical (unpaired) electrons. The van der Waals surface area contributed by atoms with E-state index in [0.29, 0.717) is 43.2 Å². The third-order valence-corrected chi connectivity index (χ3v) is 6.81. The maximum atomic E-state index is 12.4. The fraction of sp³-hybridized carbons (Fsp3) is 0.219. The third-order valence-electron chi connectivity index (χ3n) is 6.81. The number of hydrogen-bond acceptors (Lipinski definition) is 4. The van der Waals surface area contributed by atoms with Crippen molar-refractivity contribution < 1.29 is 19.4 Å². The Hall–Kier alpha value is -4.25. The van der Waals surface area contributed by atoms with E-state index in [2.05, 4.69) is 36.5 Å². The number of nitrogens with one attached hydrogen (secondary N) is 1. The lowest BCUT2D eigenvalue weighted by atomic mass is 9.95. The Morgan fingerprint density at radius 2 is 1.51 bits per heavy atom. The van der Waals surface area contributed by atoms with E-state index in [-0.39, 0.29) is 0 Å². The molecule has 0 unspecified atom stereocenters. The van der Waals surface area contributed by atoms with Crippen LogP contribution >= 0.6 is 0 Å². The summed E-state index contributed by atoms with van der Waals surface area (Å²) in [6, 6.07) is 31.8. The average molecular weight is 494 g/mol. The van der Waals surface area contributed by atoms with Gasteiger partial charge in [0, 0.05) is 31.0 Å². The van der Waals surface area contributed by atoms with Gasteiger partial charge in [-0.1, -0.05) is 84.4 Å². The molecule has 0 spiro atoms. The minimum atomic E-state index is -1.10. The molecule has 0 aliphatic heterocycles. The van der Waals surface area contributed by atoms with Crippen molar-refractivity contribution in [2.24, 2.45) is 0 Å². The fourth-order valence-electron chi connectivity index (χ4n) is 4.88. The van der Waals surface area contributed by atoms with Crippen LogP contribution in [-0.4, -0.2) is 23.2 Å². The number of carboxylic acids is 1. The van der Waals surface area contributed by atoms with E-state index in [0.717, 1.165) is 23.1 Å². The second kappa shape index (κ2) is 10.8. The van der Waals surface area contributed by atoms with E-state index in [1.165, 1.54) is 11.1 Å². The summed E-state index contributed by atoms with van der Waals surface area (Å²) in [7, 11) is 0. The first kappa shape index (κ1) is 24.4. The van der Waals surface area contributed by atoms with Gasteiger partial charge < -0.3 is 19.9 Å². The van der Waals surface area contributed by atoms with Crippen LogP contribution in [0, 0.1) is 6.92 Å². The highest BCUT2D eigenvalue weighted by Crippen LogP contribution is 2.37. The van der Waals surface area contributed by atoms with E-state index in [9.17, 15) is 9.90 Å². The van der Waals surface area contributed by atoms with Crippen LogP contribution in [0.25, 0.3) is 0 Å². The van der Waals surface area contributed by atoms with Crippen LogP contribution in [0.15, 0.2) is 97.1 Å². The predicted molar refractivity (Wildman–Crippen MR) is 145 cm³/mol. The number of fused-ring (bicyclic) bond motifs is 1. The Morgan fingerprint density at radius 3 is 2.22 bits per heavy atom. The first-order chi connectivity index (χ1) is 18.0. The van der Waals surface area contributed by atoms with E-state index < -0.39 is 11.5 Å². The maximum Gasteiger partial charge on any atom is 0.330 e. The van der Waals surface area contributed by atoms with Crippen LogP contribution < -0.4 is 14.8 Å². The van der Waals surface area contributed by atoms with Crippen LogP contribution in [0.2, 0.25) is 0 Å². The fourth-order valence-corrected chi connectivity index (χ4v) is 4.88. The summed E-state index contributed by atoms with van der Waals surface area (Å²) < 4.78 is 12.3. The number of benzene rings is 4. The summed E-state index contributed by atoms with van der Waals surface area (Å²) in [5.74, 6) is 0.345. The molecule has 0 amide bonds. The highest BCUT2D eigenvalue weighted by Gasteiger charge is 2.44. The first-order valence-corrected chi connectivity index (χ1v) is 12.6. The molecular weight excluding hydrogens is 462 g/mol. The van der Waals surface area contributed by atoms with Gasteiger partial charge in [-0.05, 0) is 41.3 Å². The lowest BCUT2D eigenvalue weighted by Gasteiger charge is -2.27. The first-order valence-electron chi connectivity index (χ1n) is 12.6. The maximum absolute atomic E-state index is 12.4. The SMILES string of the molecule is Cc1cccc(CCOc2cc(NC3(C(=O)O)Cc4ccccc4C3)ccc2OCc2ccccc2)c1. The summed E-state index contributed by atoms with van der Waals surface area (Å²) >= 11 is 0. The van der Waals surface area contributed by atoms with Crippen molar-refractivity contribution in [1.82, 2.24) is 0 Å². The molecule has 0 saturated carbocycles. The van der Waals surface area contributed by atoms with Gasteiger partial charge in [-0.2, -0.15) is 0 Å². The number of rotatable bonds is 10. The van der Waals surface area contributed by atoms with Gasteiger partial charge in [-0.15, -0.1) is 0 Å². The second-order valence-electron chi connectivity index (χ2n) is 9.66. The number of aryl methyl sites for hydroxylation is 1. The molecule has 0 saturated heterocycles. The van der Waals surface area contributed by atoms with E-state index in [4.69, 9.17) is 9.47 Å². The molecule has 1 aliphatic rings. The number of carbonyl (C=O) groups is 1. The van der Waals surface area contributed by atoms with Gasteiger partial charge in [0.1, 0.15) is 12.1 Å². The molecule has 5 heteroatoms. The smallest absolute Gasteiger partial charge is 0.330 e. The van der Waals surface area contributed by atoms with E-state index >= 15 is 0 Å². The van der Waals surface area contributed by atoms with Crippen molar-refractivity contribution in [2.45, 2.75) is 38.3 Å². The minimum absolute atomic E-state index is 0.413. The van der Waals surface area contributed by atoms with Gasteiger partial charge in [0.05, 0.1) is 6.61 Å². The van der Waals surface area contributed by atoms with Crippen molar-refractivity contribution in [3.8, 4) is 11.5 Å². The third kappa shape index (κ3) is 5.78. The molecule has 4 aromatic rings. The summed E-state index contributed by atoms with van der Waals surface area (Å²) in [4.78, 5) is 12.4. The van der Waals surface area contributed by atoms with Gasteiger partial charge in [0.25, 0.3) is 0 Å². The monoisotopic (exact) mass is 493 g/mol. The molecule has 1 aliphatic carbocycles. The van der Waals surface area contributed by atoms with Gasteiger partial charge in [0.15, 0.2) is 11.5 Å². The zero-order valence-electron chi connectivity index (χ0n) is 20.9. The molecule has 4 aromatic carbocycles. The van der Waals surface area contributed by atoms with Gasteiger partial charge in [-0.3, -0.25) is 0 Å². The summed E-state index contributed by atoms with van der Waals surface area (Å²) in [5, 5.41) is 13.5. The Labute approximate surface area is 217 Å². The van der Waals surface area contributed by atoms with Crippen molar-refractivity contribution >= 4 is 11.7 Å². The van der Waals surface area contributed by atoms with Crippen LogP contribution in [0.4, 0.5) is 5.69 Å².